The van der Waals surface area contributed by atoms with Crippen molar-refractivity contribution in [3.63, 3.8) is 0 Å². The zero-order valence-corrected chi connectivity index (χ0v) is 21.4. The summed E-state index contributed by atoms with van der Waals surface area (Å²) in [5, 5.41) is 18.3. The van der Waals surface area contributed by atoms with Crippen molar-refractivity contribution in [2.75, 3.05) is 63.0 Å². The highest BCUT2D eigenvalue weighted by atomic mass is 16.3. The normalized spacial score (nSPS) is 14.9. The summed E-state index contributed by atoms with van der Waals surface area (Å²) in [6, 6.07) is 11.4. The van der Waals surface area contributed by atoms with Gasteiger partial charge in [-0.15, -0.1) is 0 Å². The first-order valence-corrected chi connectivity index (χ1v) is 13.0. The Hall–Kier alpha value is -2.41. The minimum atomic E-state index is -0.827. The van der Waals surface area contributed by atoms with Crippen molar-refractivity contribution in [3.05, 3.63) is 58.7 Å². The van der Waals surface area contributed by atoms with E-state index in [4.69, 9.17) is 0 Å². The quantitative estimate of drug-likeness (QED) is 0.354. The second-order valence-corrected chi connectivity index (χ2v) is 8.88. The van der Waals surface area contributed by atoms with Crippen LogP contribution in [0.4, 0.5) is 11.4 Å². The van der Waals surface area contributed by atoms with Crippen molar-refractivity contribution >= 4 is 17.2 Å². The maximum atomic E-state index is 13.6. The third-order valence-electron chi connectivity index (χ3n) is 6.97. The molecule has 6 nitrogen and oxygen atoms in total. The molecule has 2 aromatic rings. The Bertz CT molecular complexity index is 938. The van der Waals surface area contributed by atoms with Crippen molar-refractivity contribution in [3.8, 4) is 0 Å². The first-order chi connectivity index (χ1) is 16.5. The summed E-state index contributed by atoms with van der Waals surface area (Å²) < 4.78 is 0. The van der Waals surface area contributed by atoms with Crippen LogP contribution in [0.2, 0.25) is 0 Å². The number of hydrogen-bond acceptors (Lipinski definition) is 6. The van der Waals surface area contributed by atoms with Crippen molar-refractivity contribution in [1.29, 1.82) is 0 Å². The molecule has 3 N–H and O–H groups in total. The van der Waals surface area contributed by atoms with Gasteiger partial charge in [0.2, 0.25) is 0 Å². The van der Waals surface area contributed by atoms with E-state index >= 15 is 0 Å². The molecular weight excluding hydrogens is 424 g/mol. The fourth-order valence-electron chi connectivity index (χ4n) is 4.81. The molecule has 0 radical (unpaired) electrons. The van der Waals surface area contributed by atoms with E-state index in [1.54, 1.807) is 0 Å². The largest absolute Gasteiger partial charge is 0.385 e. The van der Waals surface area contributed by atoms with E-state index in [1.807, 2.05) is 36.4 Å². The first-order valence-electron chi connectivity index (χ1n) is 13.0. The average Bonchev–Trinajstić information content (AvgIpc) is 2.87. The molecule has 0 amide bonds. The number of fused-ring (bicyclic) bond motifs is 2. The highest BCUT2D eigenvalue weighted by molar-refractivity contribution is 6.16. The second kappa shape index (κ2) is 12.9. The molecule has 1 aliphatic carbocycles. The van der Waals surface area contributed by atoms with Gasteiger partial charge in [-0.2, -0.15) is 0 Å². The number of carbonyl (C=O) groups is 1. The van der Waals surface area contributed by atoms with Gasteiger partial charge in [-0.1, -0.05) is 52.0 Å². The summed E-state index contributed by atoms with van der Waals surface area (Å²) in [5.41, 5.74) is 4.22. The fourth-order valence-corrected chi connectivity index (χ4v) is 4.81. The third kappa shape index (κ3) is 5.98. The van der Waals surface area contributed by atoms with Gasteiger partial charge in [0, 0.05) is 35.6 Å². The monoisotopic (exact) mass is 466 g/mol. The third-order valence-corrected chi connectivity index (χ3v) is 6.97. The summed E-state index contributed by atoms with van der Waals surface area (Å²) >= 11 is 0. The summed E-state index contributed by atoms with van der Waals surface area (Å²) in [6.45, 7) is 16.5. The molecule has 3 rings (SSSR count). The standard InChI is InChI=1S/C28H42N4O2/c1-5-31(6-2)19-11-17-29-23-15-16-24(30-18-12-20-32(7-3)8-4)26-25(23)27(33)21-13-9-10-14-22(21)28(26)34/h9-10,13-16,27,29-30,33H,5-8,11-12,17-20H2,1-4H3. The molecule has 0 saturated heterocycles. The lowest BCUT2D eigenvalue weighted by Gasteiger charge is -2.29. The van der Waals surface area contributed by atoms with E-state index < -0.39 is 6.10 Å². The molecule has 2 aromatic carbocycles. The van der Waals surface area contributed by atoms with Gasteiger partial charge in [0.1, 0.15) is 6.10 Å². The first kappa shape index (κ1) is 26.2. The highest BCUT2D eigenvalue weighted by Crippen LogP contribution is 2.42. The molecule has 0 bridgehead atoms. The van der Waals surface area contributed by atoms with Gasteiger partial charge in [0.15, 0.2) is 5.78 Å². The van der Waals surface area contributed by atoms with Crippen molar-refractivity contribution in [1.82, 2.24) is 9.80 Å². The van der Waals surface area contributed by atoms with Gasteiger partial charge in [-0.05, 0) is 69.8 Å². The van der Waals surface area contributed by atoms with E-state index in [1.165, 1.54) is 0 Å². The van der Waals surface area contributed by atoms with Crippen molar-refractivity contribution in [2.24, 2.45) is 0 Å². The lowest BCUT2D eigenvalue weighted by atomic mass is 9.81. The lowest BCUT2D eigenvalue weighted by molar-refractivity contribution is 0.102. The number of aliphatic hydroxyl groups excluding tert-OH is 1. The number of rotatable bonds is 14. The molecule has 0 fully saturated rings. The smallest absolute Gasteiger partial charge is 0.195 e. The van der Waals surface area contributed by atoms with E-state index in [0.717, 1.165) is 76.6 Å². The molecule has 0 saturated carbocycles. The van der Waals surface area contributed by atoms with Gasteiger partial charge in [-0.25, -0.2) is 0 Å². The molecule has 0 aromatic heterocycles. The van der Waals surface area contributed by atoms with Crippen LogP contribution in [0.3, 0.4) is 0 Å². The van der Waals surface area contributed by atoms with E-state index in [9.17, 15) is 9.90 Å². The predicted octanol–water partition coefficient (Wildman–Crippen LogP) is 4.60. The van der Waals surface area contributed by atoms with Crippen LogP contribution in [0.25, 0.3) is 0 Å². The molecule has 34 heavy (non-hydrogen) atoms. The van der Waals surface area contributed by atoms with Gasteiger partial charge in [0.25, 0.3) is 0 Å². The fraction of sp³-hybridized carbons (Fsp3) is 0.536. The maximum absolute atomic E-state index is 13.6. The van der Waals surface area contributed by atoms with Crippen LogP contribution in [0.15, 0.2) is 36.4 Å². The number of ketones is 1. The SMILES string of the molecule is CCN(CC)CCCNc1ccc(NCCCN(CC)CC)c2c1C(=O)c1ccccc1C2O. The maximum Gasteiger partial charge on any atom is 0.195 e. The minimum Gasteiger partial charge on any atom is -0.385 e. The van der Waals surface area contributed by atoms with Crippen LogP contribution in [0.1, 0.15) is 73.7 Å². The van der Waals surface area contributed by atoms with Crippen molar-refractivity contribution < 1.29 is 9.90 Å². The van der Waals surface area contributed by atoms with Crippen LogP contribution in [0.5, 0.6) is 0 Å². The Morgan fingerprint density at radius 2 is 1.32 bits per heavy atom. The summed E-state index contributed by atoms with van der Waals surface area (Å²) in [6.07, 6.45) is 1.17. The number of aliphatic hydroxyl groups is 1. The number of nitrogens with one attached hydrogen (secondary N) is 2. The molecule has 0 aliphatic heterocycles. The summed E-state index contributed by atoms with van der Waals surface area (Å²) in [4.78, 5) is 18.4. The van der Waals surface area contributed by atoms with Gasteiger partial charge in [0.05, 0.1) is 5.56 Å². The molecule has 1 atom stereocenters. The molecule has 0 heterocycles. The molecule has 186 valence electrons. The van der Waals surface area contributed by atoms with E-state index in [-0.39, 0.29) is 5.78 Å². The zero-order chi connectivity index (χ0) is 24.5. The topological polar surface area (TPSA) is 67.8 Å². The van der Waals surface area contributed by atoms with E-state index in [0.29, 0.717) is 22.3 Å². The Morgan fingerprint density at radius 1 is 0.794 bits per heavy atom. The van der Waals surface area contributed by atoms with Crippen LogP contribution in [-0.2, 0) is 0 Å². The number of carbonyl (C=O) groups excluding carboxylic acids is 1. The van der Waals surface area contributed by atoms with Crippen molar-refractivity contribution in [2.45, 2.75) is 46.6 Å². The van der Waals surface area contributed by atoms with Crippen LogP contribution in [-0.4, -0.2) is 73.0 Å². The number of nitrogens with zero attached hydrogens (tertiary/aromatic N) is 2. The molecular formula is C28H42N4O2. The minimum absolute atomic E-state index is 0.0195. The molecule has 0 spiro atoms. The lowest BCUT2D eigenvalue weighted by Crippen LogP contribution is -2.27. The van der Waals surface area contributed by atoms with Crippen LogP contribution >= 0.6 is 0 Å². The molecule has 6 heteroatoms. The number of benzene rings is 2. The Kier molecular flexibility index (Phi) is 9.93. The number of hydrogen-bond donors (Lipinski definition) is 3. The Labute approximate surface area is 205 Å². The average molecular weight is 467 g/mol. The van der Waals surface area contributed by atoms with Crippen LogP contribution < -0.4 is 10.6 Å². The summed E-state index contributed by atoms with van der Waals surface area (Å²) in [7, 11) is 0. The zero-order valence-electron chi connectivity index (χ0n) is 21.4. The van der Waals surface area contributed by atoms with Gasteiger partial charge >= 0.3 is 0 Å². The Morgan fingerprint density at radius 3 is 1.91 bits per heavy atom. The van der Waals surface area contributed by atoms with Crippen LogP contribution in [0, 0.1) is 0 Å². The summed E-state index contributed by atoms with van der Waals surface area (Å²) in [5.74, 6) is -0.0195. The second-order valence-electron chi connectivity index (χ2n) is 8.88. The number of anilines is 2. The molecule has 1 unspecified atom stereocenters. The van der Waals surface area contributed by atoms with Gasteiger partial charge in [-0.3, -0.25) is 4.79 Å². The highest BCUT2D eigenvalue weighted by Gasteiger charge is 2.33. The molecule has 1 aliphatic rings. The van der Waals surface area contributed by atoms with Gasteiger partial charge < -0.3 is 25.5 Å². The predicted molar refractivity (Wildman–Crippen MR) is 142 cm³/mol. The Balaban J connectivity index is 1.81. The van der Waals surface area contributed by atoms with E-state index in [2.05, 4.69) is 48.1 Å².